The quantitative estimate of drug-likeness (QED) is 0.542. The molecule has 186 valence electrons. The maximum atomic E-state index is 13.0. The summed E-state index contributed by atoms with van der Waals surface area (Å²) in [5.41, 5.74) is 8.07. The van der Waals surface area contributed by atoms with Crippen LogP contribution in [0.3, 0.4) is 0 Å². The fourth-order valence-corrected chi connectivity index (χ4v) is 5.57. The molecule has 0 aromatic heterocycles. The lowest BCUT2D eigenvalue weighted by Gasteiger charge is -2.41. The van der Waals surface area contributed by atoms with Crippen LogP contribution in [0.1, 0.15) is 24.1 Å². The Labute approximate surface area is 212 Å². The molecular weight excluding hydrogens is 495 g/mol. The topological polar surface area (TPSA) is 86.9 Å². The summed E-state index contributed by atoms with van der Waals surface area (Å²) in [5, 5.41) is 1.24. The molecule has 1 unspecified atom stereocenters. The van der Waals surface area contributed by atoms with Crippen LogP contribution in [0.15, 0.2) is 48.5 Å². The Kier molecular flexibility index (Phi) is 9.37. The Morgan fingerprint density at radius 2 is 1.68 bits per heavy atom. The van der Waals surface area contributed by atoms with Gasteiger partial charge in [-0.25, -0.2) is 12.7 Å². The van der Waals surface area contributed by atoms with E-state index in [1.807, 2.05) is 43.3 Å². The lowest BCUT2D eigenvalue weighted by molar-refractivity contribution is -0.134. The van der Waals surface area contributed by atoms with Gasteiger partial charge in [-0.3, -0.25) is 9.69 Å². The molecule has 0 radical (unpaired) electrons. The maximum Gasteiger partial charge on any atom is 0.239 e. The number of likely N-dealkylation sites (N-methyl/N-ethyl adjacent to an activating group) is 1. The van der Waals surface area contributed by atoms with Crippen molar-refractivity contribution in [3.63, 3.8) is 0 Å². The molecule has 10 heteroatoms. The summed E-state index contributed by atoms with van der Waals surface area (Å²) in [6, 6.07) is 14.0. The molecule has 0 aliphatic carbocycles. The Hall–Kier alpha value is -1.68. The standard InChI is InChI=1S/C24H32Cl2N4O3S/c1-3-30(34(2,32)33)17-23(20-6-4-5-7-21(20)26)28-12-14-29(15-13-28)24(31)22(27)16-18-8-10-19(25)11-9-18/h4-11,22-23H,3,12-17,27H2,1-2H3/t22-,23?/m1/s1. The van der Waals surface area contributed by atoms with Crippen LogP contribution < -0.4 is 5.73 Å². The van der Waals surface area contributed by atoms with Crippen molar-refractivity contribution in [1.29, 1.82) is 0 Å². The van der Waals surface area contributed by atoms with Gasteiger partial charge in [-0.1, -0.05) is 60.5 Å². The third-order valence-corrected chi connectivity index (χ3v) is 8.16. The highest BCUT2D eigenvalue weighted by Gasteiger charge is 2.32. The molecule has 1 aliphatic heterocycles. The lowest BCUT2D eigenvalue weighted by atomic mass is 10.0. The van der Waals surface area contributed by atoms with Gasteiger partial charge in [0.1, 0.15) is 0 Å². The van der Waals surface area contributed by atoms with E-state index in [-0.39, 0.29) is 11.9 Å². The van der Waals surface area contributed by atoms with Gasteiger partial charge in [0, 0.05) is 49.3 Å². The van der Waals surface area contributed by atoms with Crippen molar-refractivity contribution < 1.29 is 13.2 Å². The number of carbonyl (C=O) groups excluding carboxylic acids is 1. The van der Waals surface area contributed by atoms with E-state index in [0.717, 1.165) is 11.1 Å². The SMILES string of the molecule is CCN(CC(c1ccccc1Cl)N1CCN(C(=O)[C@H](N)Cc2ccc(Cl)cc2)CC1)S(C)(=O)=O. The van der Waals surface area contributed by atoms with E-state index < -0.39 is 16.1 Å². The van der Waals surface area contributed by atoms with Crippen LogP contribution in [-0.4, -0.2) is 80.0 Å². The van der Waals surface area contributed by atoms with Gasteiger partial charge >= 0.3 is 0 Å². The van der Waals surface area contributed by atoms with Crippen molar-refractivity contribution in [3.05, 3.63) is 69.7 Å². The summed E-state index contributed by atoms with van der Waals surface area (Å²) >= 11 is 12.4. The number of nitrogens with zero attached hydrogens (tertiary/aromatic N) is 3. The number of sulfonamides is 1. The van der Waals surface area contributed by atoms with E-state index in [9.17, 15) is 13.2 Å². The van der Waals surface area contributed by atoms with E-state index in [2.05, 4.69) is 4.90 Å². The zero-order valence-electron chi connectivity index (χ0n) is 19.5. The zero-order valence-corrected chi connectivity index (χ0v) is 21.9. The van der Waals surface area contributed by atoms with Gasteiger partial charge in [0.2, 0.25) is 15.9 Å². The highest BCUT2D eigenvalue weighted by Crippen LogP contribution is 2.30. The van der Waals surface area contributed by atoms with Crippen molar-refractivity contribution >= 4 is 39.1 Å². The zero-order chi connectivity index (χ0) is 24.9. The molecule has 1 saturated heterocycles. The van der Waals surface area contributed by atoms with Gasteiger partial charge in [-0.2, -0.15) is 0 Å². The summed E-state index contributed by atoms with van der Waals surface area (Å²) < 4.78 is 26.0. The largest absolute Gasteiger partial charge is 0.339 e. The van der Waals surface area contributed by atoms with Gasteiger partial charge in [0.25, 0.3) is 0 Å². The normalized spacial score (nSPS) is 17.1. The van der Waals surface area contributed by atoms with Crippen LogP contribution in [0.5, 0.6) is 0 Å². The lowest BCUT2D eigenvalue weighted by Crippen LogP contribution is -2.55. The van der Waals surface area contributed by atoms with E-state index in [4.69, 9.17) is 28.9 Å². The molecule has 1 fully saturated rings. The number of amides is 1. The van der Waals surface area contributed by atoms with Gasteiger partial charge in [-0.05, 0) is 35.7 Å². The smallest absolute Gasteiger partial charge is 0.239 e. The van der Waals surface area contributed by atoms with Gasteiger partial charge in [-0.15, -0.1) is 0 Å². The summed E-state index contributed by atoms with van der Waals surface area (Å²) in [4.78, 5) is 17.0. The molecule has 34 heavy (non-hydrogen) atoms. The van der Waals surface area contributed by atoms with Crippen LogP contribution in [0, 0.1) is 0 Å². The molecule has 3 rings (SSSR count). The first kappa shape index (κ1) is 26.9. The molecule has 2 atom stereocenters. The predicted octanol–water partition coefficient (Wildman–Crippen LogP) is 3.03. The third-order valence-electron chi connectivity index (χ3n) is 6.22. The molecular formula is C24H32Cl2N4O3S. The van der Waals surface area contributed by atoms with E-state index in [1.54, 1.807) is 17.0 Å². The highest BCUT2D eigenvalue weighted by atomic mass is 35.5. The first-order valence-electron chi connectivity index (χ1n) is 11.3. The number of hydrogen-bond acceptors (Lipinski definition) is 5. The predicted molar refractivity (Wildman–Crippen MR) is 138 cm³/mol. The van der Waals surface area contributed by atoms with Crippen molar-refractivity contribution in [2.45, 2.75) is 25.4 Å². The Balaban J connectivity index is 1.69. The Morgan fingerprint density at radius 1 is 1.06 bits per heavy atom. The van der Waals surface area contributed by atoms with Gasteiger partial charge in [0.15, 0.2) is 0 Å². The number of rotatable bonds is 9. The molecule has 0 spiro atoms. The average Bonchev–Trinajstić information content (AvgIpc) is 2.81. The van der Waals surface area contributed by atoms with E-state index in [1.165, 1.54) is 10.6 Å². The number of benzene rings is 2. The minimum atomic E-state index is -3.36. The average molecular weight is 528 g/mol. The number of carbonyl (C=O) groups is 1. The Bertz CT molecular complexity index is 1070. The second-order valence-electron chi connectivity index (χ2n) is 8.55. The van der Waals surface area contributed by atoms with Crippen molar-refractivity contribution in [2.24, 2.45) is 5.73 Å². The number of hydrogen-bond donors (Lipinski definition) is 1. The maximum absolute atomic E-state index is 13.0. The molecule has 1 amide bonds. The molecule has 7 nitrogen and oxygen atoms in total. The minimum Gasteiger partial charge on any atom is -0.339 e. The second kappa shape index (κ2) is 11.8. The fraction of sp³-hybridized carbons (Fsp3) is 0.458. The molecule has 0 bridgehead atoms. The van der Waals surface area contributed by atoms with E-state index in [0.29, 0.717) is 55.7 Å². The monoisotopic (exact) mass is 526 g/mol. The first-order chi connectivity index (χ1) is 16.1. The molecule has 2 N–H and O–H groups in total. The molecule has 0 saturated carbocycles. The molecule has 1 aliphatic rings. The number of piperazine rings is 1. The molecule has 2 aromatic carbocycles. The van der Waals surface area contributed by atoms with Crippen molar-refractivity contribution in [2.75, 3.05) is 45.5 Å². The fourth-order valence-electron chi connectivity index (χ4n) is 4.30. The van der Waals surface area contributed by atoms with E-state index >= 15 is 0 Å². The summed E-state index contributed by atoms with van der Waals surface area (Å²) in [5.74, 6) is -0.0878. The van der Waals surface area contributed by atoms with Crippen LogP contribution in [0.2, 0.25) is 10.0 Å². The van der Waals surface area contributed by atoms with Gasteiger partial charge in [0.05, 0.1) is 18.3 Å². The summed E-state index contributed by atoms with van der Waals surface area (Å²) in [6.45, 7) is 4.70. The van der Waals surface area contributed by atoms with Gasteiger partial charge < -0.3 is 10.6 Å². The number of nitrogens with two attached hydrogens (primary N) is 1. The summed E-state index contributed by atoms with van der Waals surface area (Å²) in [7, 11) is -3.36. The minimum absolute atomic E-state index is 0.0878. The van der Waals surface area contributed by atoms with Crippen molar-refractivity contribution in [3.8, 4) is 0 Å². The molecule has 2 aromatic rings. The second-order valence-corrected chi connectivity index (χ2v) is 11.4. The first-order valence-corrected chi connectivity index (χ1v) is 13.9. The van der Waals surface area contributed by atoms with Crippen LogP contribution >= 0.6 is 23.2 Å². The Morgan fingerprint density at radius 3 is 2.24 bits per heavy atom. The number of halogens is 2. The van der Waals surface area contributed by atoms with Crippen LogP contribution in [0.4, 0.5) is 0 Å². The van der Waals surface area contributed by atoms with Crippen LogP contribution in [0.25, 0.3) is 0 Å². The highest BCUT2D eigenvalue weighted by molar-refractivity contribution is 7.88. The summed E-state index contributed by atoms with van der Waals surface area (Å²) in [6.07, 6.45) is 1.66. The van der Waals surface area contributed by atoms with Crippen molar-refractivity contribution in [1.82, 2.24) is 14.1 Å². The van der Waals surface area contributed by atoms with Crippen LogP contribution in [-0.2, 0) is 21.2 Å². The molecule has 1 heterocycles. The third kappa shape index (κ3) is 6.93.